The van der Waals surface area contributed by atoms with Crippen molar-refractivity contribution in [2.24, 2.45) is 5.73 Å². The van der Waals surface area contributed by atoms with Crippen LogP contribution >= 0.6 is 0 Å². The van der Waals surface area contributed by atoms with Crippen molar-refractivity contribution in [3.05, 3.63) is 83.9 Å². The SMILES string of the molecule is CC(C)(C)OC(=O)N(CC(F)(F)F)c1cc(-c2cccc(C(=O)Nc3cn(-c4ccc(C(=O)O)cc4)nc3C(N)=O)n2)ccn1. The molecule has 16 heteroatoms. The first kappa shape index (κ1) is 32.1. The first-order valence-electron chi connectivity index (χ1n) is 13.1. The Morgan fingerprint density at radius 1 is 1.04 bits per heavy atom. The van der Waals surface area contributed by atoms with E-state index in [4.69, 9.17) is 15.6 Å². The summed E-state index contributed by atoms with van der Waals surface area (Å²) in [7, 11) is 0. The molecule has 0 saturated carbocycles. The number of carbonyl (C=O) groups excluding carboxylic acids is 3. The van der Waals surface area contributed by atoms with Crippen LogP contribution in [0.3, 0.4) is 0 Å². The number of hydrogen-bond donors (Lipinski definition) is 3. The second kappa shape index (κ2) is 12.4. The zero-order chi connectivity index (χ0) is 33.1. The van der Waals surface area contributed by atoms with Crippen LogP contribution < -0.4 is 16.0 Å². The van der Waals surface area contributed by atoms with Crippen LogP contribution in [0.5, 0.6) is 0 Å². The average Bonchev–Trinajstić information content (AvgIpc) is 3.39. The Bertz CT molecular complexity index is 1770. The molecule has 0 aliphatic rings. The number of aromatic nitrogens is 4. The molecule has 4 aromatic rings. The van der Waals surface area contributed by atoms with Crippen molar-refractivity contribution < 1.29 is 42.2 Å². The van der Waals surface area contributed by atoms with E-state index in [9.17, 15) is 32.3 Å². The van der Waals surface area contributed by atoms with Gasteiger partial charge < -0.3 is 20.9 Å². The number of carbonyl (C=O) groups is 4. The molecular formula is C29H26F3N7O6. The fourth-order valence-corrected chi connectivity index (χ4v) is 3.91. The molecule has 13 nitrogen and oxygen atoms in total. The number of nitrogens with two attached hydrogens (primary N) is 1. The summed E-state index contributed by atoms with van der Waals surface area (Å²) in [6.45, 7) is 2.87. The molecule has 0 fully saturated rings. The van der Waals surface area contributed by atoms with E-state index in [1.165, 1.54) is 92.4 Å². The molecule has 3 amide bonds. The van der Waals surface area contributed by atoms with Gasteiger partial charge >= 0.3 is 18.2 Å². The second-order valence-corrected chi connectivity index (χ2v) is 10.5. The van der Waals surface area contributed by atoms with Crippen LogP contribution in [0.25, 0.3) is 16.9 Å². The number of pyridine rings is 2. The molecule has 4 N–H and O–H groups in total. The molecule has 234 valence electrons. The number of benzene rings is 1. The van der Waals surface area contributed by atoms with Gasteiger partial charge in [-0.3, -0.25) is 14.5 Å². The number of nitrogens with one attached hydrogen (secondary N) is 1. The molecule has 0 bridgehead atoms. The van der Waals surface area contributed by atoms with Crippen LogP contribution in [0.15, 0.2) is 67.0 Å². The summed E-state index contributed by atoms with van der Waals surface area (Å²) in [5.74, 6) is -3.22. The Morgan fingerprint density at radius 3 is 2.33 bits per heavy atom. The number of aromatic carboxylic acids is 1. The average molecular weight is 626 g/mol. The fourth-order valence-electron chi connectivity index (χ4n) is 3.91. The Labute approximate surface area is 253 Å². The maximum absolute atomic E-state index is 13.4. The monoisotopic (exact) mass is 625 g/mol. The highest BCUT2D eigenvalue weighted by Gasteiger charge is 2.36. The zero-order valence-corrected chi connectivity index (χ0v) is 24.0. The van der Waals surface area contributed by atoms with Crippen LogP contribution in [0.2, 0.25) is 0 Å². The summed E-state index contributed by atoms with van der Waals surface area (Å²) < 4.78 is 46.4. The lowest BCUT2D eigenvalue weighted by Crippen LogP contribution is -2.42. The summed E-state index contributed by atoms with van der Waals surface area (Å²) in [5.41, 5.74) is 4.69. The van der Waals surface area contributed by atoms with E-state index in [1.54, 1.807) is 0 Å². The first-order chi connectivity index (χ1) is 21.0. The number of amides is 3. The lowest BCUT2D eigenvalue weighted by atomic mass is 10.1. The number of ether oxygens (including phenoxy) is 1. The predicted octanol–water partition coefficient (Wildman–Crippen LogP) is 4.68. The van der Waals surface area contributed by atoms with Crippen LogP contribution in [-0.2, 0) is 4.74 Å². The van der Waals surface area contributed by atoms with Crippen molar-refractivity contribution >= 4 is 35.4 Å². The summed E-state index contributed by atoms with van der Waals surface area (Å²) in [4.78, 5) is 57.5. The highest BCUT2D eigenvalue weighted by Crippen LogP contribution is 2.27. The van der Waals surface area contributed by atoms with Gasteiger partial charge in [0.15, 0.2) is 5.69 Å². The Morgan fingerprint density at radius 2 is 1.73 bits per heavy atom. The van der Waals surface area contributed by atoms with Crippen molar-refractivity contribution in [2.75, 3.05) is 16.8 Å². The number of hydrogen-bond acceptors (Lipinski definition) is 8. The zero-order valence-electron chi connectivity index (χ0n) is 24.0. The third-order valence-corrected chi connectivity index (χ3v) is 5.83. The Balaban J connectivity index is 1.61. The van der Waals surface area contributed by atoms with Crippen molar-refractivity contribution in [1.82, 2.24) is 19.7 Å². The number of carboxylic acid groups (broad SMARTS) is 1. The molecule has 45 heavy (non-hydrogen) atoms. The number of alkyl halides is 3. The number of carboxylic acids is 1. The fraction of sp³-hybridized carbons (Fsp3) is 0.207. The highest BCUT2D eigenvalue weighted by atomic mass is 19.4. The van der Waals surface area contributed by atoms with Crippen molar-refractivity contribution in [2.45, 2.75) is 32.5 Å². The standard InChI is InChI=1S/C29H26F3N7O6/c1-28(2,3)45-27(44)38(15-29(30,31)32)22-13-17(11-12-34-22)19-5-4-6-20(35-19)25(41)36-21-14-39(37-23(21)24(33)40)18-9-7-16(8-10-18)26(42)43/h4-14H,15H2,1-3H3,(H2,33,40)(H,36,41)(H,42,43). The van der Waals surface area contributed by atoms with Crippen LogP contribution in [0.1, 0.15) is 52.1 Å². The van der Waals surface area contributed by atoms with Gasteiger partial charge in [-0.1, -0.05) is 6.07 Å². The topological polar surface area (TPSA) is 183 Å². The highest BCUT2D eigenvalue weighted by molar-refractivity contribution is 6.07. The summed E-state index contributed by atoms with van der Waals surface area (Å²) in [6.07, 6.45) is -3.53. The largest absolute Gasteiger partial charge is 0.478 e. The molecule has 3 aromatic heterocycles. The minimum Gasteiger partial charge on any atom is -0.478 e. The van der Waals surface area contributed by atoms with Crippen LogP contribution in [-0.4, -0.2) is 67.1 Å². The van der Waals surface area contributed by atoms with Gasteiger partial charge in [0, 0.05) is 11.8 Å². The van der Waals surface area contributed by atoms with E-state index in [1.807, 2.05) is 0 Å². The van der Waals surface area contributed by atoms with Gasteiger partial charge in [0.05, 0.1) is 28.8 Å². The smallest absolute Gasteiger partial charge is 0.416 e. The van der Waals surface area contributed by atoms with E-state index >= 15 is 0 Å². The molecule has 0 aliphatic heterocycles. The van der Waals surface area contributed by atoms with E-state index in [2.05, 4.69) is 20.4 Å². The van der Waals surface area contributed by atoms with Gasteiger partial charge in [0.25, 0.3) is 11.8 Å². The molecule has 4 rings (SSSR count). The molecule has 0 saturated heterocycles. The van der Waals surface area contributed by atoms with E-state index in [0.29, 0.717) is 10.6 Å². The lowest BCUT2D eigenvalue weighted by Gasteiger charge is -2.27. The molecular weight excluding hydrogens is 599 g/mol. The third-order valence-electron chi connectivity index (χ3n) is 5.83. The van der Waals surface area contributed by atoms with Gasteiger partial charge in [-0.15, -0.1) is 0 Å². The van der Waals surface area contributed by atoms with E-state index in [-0.39, 0.29) is 39.7 Å². The number of rotatable bonds is 8. The lowest BCUT2D eigenvalue weighted by molar-refractivity contribution is -0.119. The quantitative estimate of drug-likeness (QED) is 0.250. The van der Waals surface area contributed by atoms with Crippen LogP contribution in [0, 0.1) is 0 Å². The maximum atomic E-state index is 13.4. The van der Waals surface area contributed by atoms with E-state index < -0.39 is 42.2 Å². The third kappa shape index (κ3) is 8.19. The minimum absolute atomic E-state index is 0.0275. The number of primary amides is 1. The van der Waals surface area contributed by atoms with Crippen molar-refractivity contribution in [1.29, 1.82) is 0 Å². The molecule has 3 heterocycles. The second-order valence-electron chi connectivity index (χ2n) is 10.5. The van der Waals surface area contributed by atoms with Gasteiger partial charge in [0.2, 0.25) is 0 Å². The molecule has 0 spiro atoms. The predicted molar refractivity (Wildman–Crippen MR) is 154 cm³/mol. The Hall–Kier alpha value is -5.80. The van der Waals surface area contributed by atoms with E-state index in [0.717, 1.165) is 0 Å². The van der Waals surface area contributed by atoms with Crippen molar-refractivity contribution in [3.8, 4) is 16.9 Å². The summed E-state index contributed by atoms with van der Waals surface area (Å²) in [6, 6.07) is 12.5. The minimum atomic E-state index is -4.76. The van der Waals surface area contributed by atoms with Crippen molar-refractivity contribution in [3.63, 3.8) is 0 Å². The summed E-state index contributed by atoms with van der Waals surface area (Å²) in [5, 5.41) is 15.7. The Kier molecular flexibility index (Phi) is 8.88. The number of anilines is 2. The maximum Gasteiger partial charge on any atom is 0.416 e. The van der Waals surface area contributed by atoms with Gasteiger partial charge in [-0.05, 0) is 69.3 Å². The molecule has 0 atom stereocenters. The normalized spacial score (nSPS) is 11.5. The number of halogens is 3. The van der Waals surface area contributed by atoms with Gasteiger partial charge in [0.1, 0.15) is 23.7 Å². The van der Waals surface area contributed by atoms with Gasteiger partial charge in [-0.25, -0.2) is 24.2 Å². The molecule has 0 radical (unpaired) electrons. The molecule has 0 aliphatic carbocycles. The first-order valence-corrected chi connectivity index (χ1v) is 13.1. The molecule has 0 unspecified atom stereocenters. The summed E-state index contributed by atoms with van der Waals surface area (Å²) >= 11 is 0. The van der Waals surface area contributed by atoms with Crippen LogP contribution in [0.4, 0.5) is 29.5 Å². The number of nitrogens with zero attached hydrogens (tertiary/aromatic N) is 5. The molecule has 1 aromatic carbocycles. The van der Waals surface area contributed by atoms with Gasteiger partial charge in [-0.2, -0.15) is 18.3 Å².